The van der Waals surface area contributed by atoms with E-state index < -0.39 is 0 Å². The first kappa shape index (κ1) is 15.5. The summed E-state index contributed by atoms with van der Waals surface area (Å²) in [5.74, 6) is -0.410. The summed E-state index contributed by atoms with van der Waals surface area (Å²) in [6.45, 7) is 0. The molecule has 0 saturated carbocycles. The van der Waals surface area contributed by atoms with Gasteiger partial charge in [-0.3, -0.25) is 9.78 Å². The van der Waals surface area contributed by atoms with Crippen molar-refractivity contribution >= 4 is 5.91 Å². The number of nitrogens with zero attached hydrogens (tertiary/aromatic N) is 3. The third-order valence-corrected chi connectivity index (χ3v) is 4.48. The zero-order valence-corrected chi connectivity index (χ0v) is 13.5. The van der Waals surface area contributed by atoms with Gasteiger partial charge in [0, 0.05) is 23.7 Å². The SMILES string of the molecule is O=C(NC1CCCc2c1cnn2-c1ccc(F)cc1)c1cccnc1. The maximum Gasteiger partial charge on any atom is 0.253 e. The number of benzene rings is 1. The quantitative estimate of drug-likeness (QED) is 0.799. The van der Waals surface area contributed by atoms with Gasteiger partial charge >= 0.3 is 0 Å². The molecular weight excluding hydrogens is 319 g/mol. The van der Waals surface area contributed by atoms with Crippen LogP contribution in [0.25, 0.3) is 5.69 Å². The fourth-order valence-corrected chi connectivity index (χ4v) is 3.25. The van der Waals surface area contributed by atoms with Gasteiger partial charge in [-0.15, -0.1) is 0 Å². The Morgan fingerprint density at radius 2 is 2.04 bits per heavy atom. The van der Waals surface area contributed by atoms with Gasteiger partial charge in [-0.25, -0.2) is 9.07 Å². The van der Waals surface area contributed by atoms with Gasteiger partial charge in [-0.05, 0) is 55.7 Å². The molecule has 1 atom stereocenters. The molecule has 0 fully saturated rings. The van der Waals surface area contributed by atoms with Crippen molar-refractivity contribution in [2.24, 2.45) is 0 Å². The summed E-state index contributed by atoms with van der Waals surface area (Å²) in [6.07, 6.45) is 7.70. The monoisotopic (exact) mass is 336 g/mol. The minimum Gasteiger partial charge on any atom is -0.345 e. The van der Waals surface area contributed by atoms with Crippen molar-refractivity contribution in [1.82, 2.24) is 20.1 Å². The van der Waals surface area contributed by atoms with Crippen molar-refractivity contribution in [1.29, 1.82) is 0 Å². The second kappa shape index (κ2) is 6.47. The van der Waals surface area contributed by atoms with E-state index in [0.717, 1.165) is 36.2 Å². The Morgan fingerprint density at radius 3 is 2.80 bits per heavy atom. The van der Waals surface area contributed by atoms with Gasteiger partial charge in [0.15, 0.2) is 0 Å². The lowest BCUT2D eigenvalue weighted by molar-refractivity contribution is 0.0932. The minimum absolute atomic E-state index is 0.0781. The van der Waals surface area contributed by atoms with Gasteiger partial charge in [-0.1, -0.05) is 0 Å². The number of amides is 1. The van der Waals surface area contributed by atoms with E-state index in [9.17, 15) is 9.18 Å². The van der Waals surface area contributed by atoms with Crippen molar-refractivity contribution in [3.05, 3.63) is 77.6 Å². The van der Waals surface area contributed by atoms with Gasteiger partial charge in [0.1, 0.15) is 5.82 Å². The molecule has 126 valence electrons. The first-order chi connectivity index (χ1) is 12.2. The number of carbonyl (C=O) groups excluding carboxylic acids is 1. The number of rotatable bonds is 3. The zero-order valence-electron chi connectivity index (χ0n) is 13.5. The standard InChI is InChI=1S/C19H17FN4O/c20-14-6-8-15(9-7-14)24-18-5-1-4-17(16(18)12-22-24)23-19(25)13-3-2-10-21-11-13/h2-3,6-12,17H,1,4-5H2,(H,23,25). The number of carbonyl (C=O) groups is 1. The number of hydrogen-bond donors (Lipinski definition) is 1. The van der Waals surface area contributed by atoms with Crippen molar-refractivity contribution in [3.8, 4) is 5.69 Å². The van der Waals surface area contributed by atoms with Crippen LogP contribution in [0.1, 0.15) is 40.5 Å². The van der Waals surface area contributed by atoms with Gasteiger partial charge in [-0.2, -0.15) is 5.10 Å². The number of hydrogen-bond acceptors (Lipinski definition) is 3. The zero-order chi connectivity index (χ0) is 17.2. The van der Waals surface area contributed by atoms with Gasteiger partial charge in [0.05, 0.1) is 23.5 Å². The Kier molecular flexibility index (Phi) is 4.01. The third kappa shape index (κ3) is 3.03. The minimum atomic E-state index is -0.272. The second-order valence-electron chi connectivity index (χ2n) is 6.09. The van der Waals surface area contributed by atoms with E-state index in [1.54, 1.807) is 42.9 Å². The van der Waals surface area contributed by atoms with Crippen LogP contribution in [0.2, 0.25) is 0 Å². The Balaban J connectivity index is 1.61. The van der Waals surface area contributed by atoms with Crippen LogP contribution in [-0.4, -0.2) is 20.7 Å². The summed E-state index contributed by atoms with van der Waals surface area (Å²) in [5, 5.41) is 7.53. The highest BCUT2D eigenvalue weighted by molar-refractivity contribution is 5.94. The van der Waals surface area contributed by atoms with Gasteiger partial charge < -0.3 is 5.32 Å². The molecule has 1 amide bonds. The van der Waals surface area contributed by atoms with Crippen molar-refractivity contribution in [3.63, 3.8) is 0 Å². The Labute approximate surface area is 144 Å². The molecular formula is C19H17FN4O. The highest BCUT2D eigenvalue weighted by Crippen LogP contribution is 2.31. The highest BCUT2D eigenvalue weighted by atomic mass is 19.1. The average molecular weight is 336 g/mol. The lowest BCUT2D eigenvalue weighted by Gasteiger charge is -2.24. The first-order valence-electron chi connectivity index (χ1n) is 8.26. The Morgan fingerprint density at radius 1 is 1.20 bits per heavy atom. The lowest BCUT2D eigenvalue weighted by Crippen LogP contribution is -2.31. The van der Waals surface area contributed by atoms with Crippen LogP contribution in [0.5, 0.6) is 0 Å². The van der Waals surface area contributed by atoms with E-state index in [2.05, 4.69) is 15.4 Å². The molecule has 5 nitrogen and oxygen atoms in total. The number of pyridine rings is 1. The predicted molar refractivity (Wildman–Crippen MR) is 90.9 cm³/mol. The van der Waals surface area contributed by atoms with Crippen LogP contribution in [-0.2, 0) is 6.42 Å². The van der Waals surface area contributed by atoms with E-state index in [4.69, 9.17) is 0 Å². The highest BCUT2D eigenvalue weighted by Gasteiger charge is 2.26. The number of halogens is 1. The number of aromatic nitrogens is 3. The Bertz CT molecular complexity index is 890. The molecule has 4 rings (SSSR count). The summed E-state index contributed by atoms with van der Waals surface area (Å²) in [5.41, 5.74) is 3.45. The van der Waals surface area contributed by atoms with Crippen LogP contribution in [0.15, 0.2) is 55.0 Å². The van der Waals surface area contributed by atoms with Crippen LogP contribution in [0.4, 0.5) is 4.39 Å². The van der Waals surface area contributed by atoms with E-state index in [1.165, 1.54) is 12.1 Å². The molecule has 0 bridgehead atoms. The summed E-state index contributed by atoms with van der Waals surface area (Å²) in [4.78, 5) is 16.4. The topological polar surface area (TPSA) is 59.8 Å². The van der Waals surface area contributed by atoms with E-state index in [0.29, 0.717) is 5.56 Å². The maximum absolute atomic E-state index is 13.2. The summed E-state index contributed by atoms with van der Waals surface area (Å²) in [7, 11) is 0. The molecule has 1 unspecified atom stereocenters. The third-order valence-electron chi connectivity index (χ3n) is 4.48. The number of fused-ring (bicyclic) bond motifs is 1. The summed E-state index contributed by atoms with van der Waals surface area (Å²) >= 11 is 0. The van der Waals surface area contributed by atoms with E-state index in [1.807, 2.05) is 4.68 Å². The molecule has 1 N–H and O–H groups in total. The molecule has 3 aromatic rings. The summed E-state index contributed by atoms with van der Waals surface area (Å²) in [6, 6.07) is 9.68. The molecule has 0 saturated heterocycles. The smallest absolute Gasteiger partial charge is 0.253 e. The Hall–Kier alpha value is -3.02. The molecule has 6 heteroatoms. The fourth-order valence-electron chi connectivity index (χ4n) is 3.25. The molecule has 25 heavy (non-hydrogen) atoms. The van der Waals surface area contributed by atoms with Crippen LogP contribution in [0, 0.1) is 5.82 Å². The maximum atomic E-state index is 13.2. The van der Waals surface area contributed by atoms with E-state index >= 15 is 0 Å². The first-order valence-corrected chi connectivity index (χ1v) is 8.26. The lowest BCUT2D eigenvalue weighted by atomic mass is 9.92. The van der Waals surface area contributed by atoms with E-state index in [-0.39, 0.29) is 17.8 Å². The molecule has 0 spiro atoms. The molecule has 0 radical (unpaired) electrons. The normalized spacial score (nSPS) is 16.3. The van der Waals surface area contributed by atoms with Crippen molar-refractivity contribution in [2.75, 3.05) is 0 Å². The molecule has 1 aliphatic carbocycles. The van der Waals surface area contributed by atoms with Crippen molar-refractivity contribution in [2.45, 2.75) is 25.3 Å². The largest absolute Gasteiger partial charge is 0.345 e. The molecule has 2 heterocycles. The molecule has 1 aliphatic rings. The van der Waals surface area contributed by atoms with Gasteiger partial charge in [0.25, 0.3) is 5.91 Å². The predicted octanol–water partition coefficient (Wildman–Crippen LogP) is 3.21. The fraction of sp³-hybridized carbons (Fsp3) is 0.211. The molecule has 2 aromatic heterocycles. The van der Waals surface area contributed by atoms with Crippen molar-refractivity contribution < 1.29 is 9.18 Å². The average Bonchev–Trinajstić information content (AvgIpc) is 3.08. The number of nitrogens with one attached hydrogen (secondary N) is 1. The molecule has 1 aromatic carbocycles. The summed E-state index contributed by atoms with van der Waals surface area (Å²) < 4.78 is 15.0. The van der Waals surface area contributed by atoms with Crippen LogP contribution >= 0.6 is 0 Å². The second-order valence-corrected chi connectivity index (χ2v) is 6.09. The van der Waals surface area contributed by atoms with Gasteiger partial charge in [0.2, 0.25) is 0 Å². The van der Waals surface area contributed by atoms with Crippen LogP contribution in [0.3, 0.4) is 0 Å². The molecule has 0 aliphatic heterocycles. The van der Waals surface area contributed by atoms with Crippen LogP contribution < -0.4 is 5.32 Å².